The molecule has 1 N–H and O–H groups in total. The first-order valence-corrected chi connectivity index (χ1v) is 5.23. The Morgan fingerprint density at radius 1 is 1.44 bits per heavy atom. The van der Waals surface area contributed by atoms with Gasteiger partial charge in [-0.3, -0.25) is 4.79 Å². The van der Waals surface area contributed by atoms with Crippen molar-refractivity contribution < 1.29 is 13.9 Å². The molecule has 0 saturated heterocycles. The Morgan fingerprint density at radius 2 is 2.06 bits per heavy atom. The number of carbonyl (C=O) groups is 1. The number of esters is 1. The molecule has 1 unspecified atom stereocenters. The molecule has 1 aromatic rings. The predicted molar refractivity (Wildman–Crippen MR) is 59.3 cm³/mol. The first-order valence-electron chi connectivity index (χ1n) is 5.23. The van der Waals surface area contributed by atoms with Gasteiger partial charge in [0.15, 0.2) is 0 Å². The fourth-order valence-corrected chi connectivity index (χ4v) is 1.38. The van der Waals surface area contributed by atoms with Crippen molar-refractivity contribution in [2.24, 2.45) is 0 Å². The Labute approximate surface area is 94.6 Å². The molecular weight excluding hydrogens is 209 g/mol. The molecule has 0 amide bonds. The Bertz CT molecular complexity index is 337. The highest BCUT2D eigenvalue weighted by molar-refractivity contribution is 5.75. The van der Waals surface area contributed by atoms with E-state index in [1.807, 2.05) is 6.92 Å². The molecule has 0 heterocycles. The molecule has 4 heteroatoms. The zero-order chi connectivity index (χ0) is 12.0. The van der Waals surface area contributed by atoms with Crippen molar-refractivity contribution in [3.05, 3.63) is 35.6 Å². The molecule has 3 nitrogen and oxygen atoms in total. The standard InChI is InChI=1S/C12H16FNO2/c1-3-11(12(15)16-2)14-8-9-4-6-10(13)7-5-9/h4-7,11,14H,3,8H2,1-2H3. The normalized spacial score (nSPS) is 12.2. The van der Waals surface area contributed by atoms with Crippen molar-refractivity contribution in [1.82, 2.24) is 5.32 Å². The van der Waals surface area contributed by atoms with Crippen LogP contribution in [0.3, 0.4) is 0 Å². The summed E-state index contributed by atoms with van der Waals surface area (Å²) in [4.78, 5) is 11.3. The minimum absolute atomic E-state index is 0.260. The van der Waals surface area contributed by atoms with Gasteiger partial charge in [-0.2, -0.15) is 0 Å². The van der Waals surface area contributed by atoms with E-state index in [4.69, 9.17) is 0 Å². The van der Waals surface area contributed by atoms with E-state index in [0.717, 1.165) is 5.56 Å². The third-order valence-corrected chi connectivity index (χ3v) is 2.36. The van der Waals surface area contributed by atoms with Gasteiger partial charge in [-0.25, -0.2) is 4.39 Å². The largest absolute Gasteiger partial charge is 0.468 e. The Morgan fingerprint density at radius 3 is 2.56 bits per heavy atom. The minimum Gasteiger partial charge on any atom is -0.468 e. The van der Waals surface area contributed by atoms with Gasteiger partial charge in [-0.05, 0) is 24.1 Å². The summed E-state index contributed by atoms with van der Waals surface area (Å²) < 4.78 is 17.3. The quantitative estimate of drug-likeness (QED) is 0.777. The van der Waals surface area contributed by atoms with E-state index in [1.54, 1.807) is 12.1 Å². The third kappa shape index (κ3) is 3.62. The first-order chi connectivity index (χ1) is 7.67. The monoisotopic (exact) mass is 225 g/mol. The molecule has 88 valence electrons. The summed E-state index contributed by atoms with van der Waals surface area (Å²) in [5.41, 5.74) is 0.934. The van der Waals surface area contributed by atoms with Gasteiger partial charge in [-0.15, -0.1) is 0 Å². The van der Waals surface area contributed by atoms with Crippen LogP contribution in [0.25, 0.3) is 0 Å². The van der Waals surface area contributed by atoms with E-state index in [-0.39, 0.29) is 17.8 Å². The molecule has 0 aromatic heterocycles. The molecule has 0 bridgehead atoms. The number of halogens is 1. The summed E-state index contributed by atoms with van der Waals surface area (Å²) in [6.45, 7) is 2.42. The van der Waals surface area contributed by atoms with Gasteiger partial charge in [0.2, 0.25) is 0 Å². The number of ether oxygens (including phenoxy) is 1. The van der Waals surface area contributed by atoms with Crippen molar-refractivity contribution in [2.75, 3.05) is 7.11 Å². The predicted octanol–water partition coefficient (Wildman–Crippen LogP) is 1.87. The second-order valence-corrected chi connectivity index (χ2v) is 3.49. The molecule has 0 aliphatic rings. The highest BCUT2D eigenvalue weighted by Crippen LogP contribution is 2.03. The lowest BCUT2D eigenvalue weighted by atomic mass is 10.2. The van der Waals surface area contributed by atoms with E-state index < -0.39 is 0 Å². The topological polar surface area (TPSA) is 38.3 Å². The van der Waals surface area contributed by atoms with Gasteiger partial charge in [-0.1, -0.05) is 19.1 Å². The fraction of sp³-hybridized carbons (Fsp3) is 0.417. The molecule has 0 spiro atoms. The molecule has 0 fully saturated rings. The van der Waals surface area contributed by atoms with Crippen LogP contribution in [0.15, 0.2) is 24.3 Å². The van der Waals surface area contributed by atoms with Gasteiger partial charge in [0, 0.05) is 6.54 Å². The van der Waals surface area contributed by atoms with Crippen LogP contribution >= 0.6 is 0 Å². The molecule has 0 aliphatic heterocycles. The van der Waals surface area contributed by atoms with Crippen LogP contribution in [0, 0.1) is 5.82 Å². The highest BCUT2D eigenvalue weighted by Gasteiger charge is 2.15. The maximum Gasteiger partial charge on any atom is 0.322 e. The first kappa shape index (κ1) is 12.6. The van der Waals surface area contributed by atoms with Crippen LogP contribution in [-0.4, -0.2) is 19.1 Å². The van der Waals surface area contributed by atoms with E-state index in [1.165, 1.54) is 19.2 Å². The molecule has 1 aromatic carbocycles. The molecular formula is C12H16FNO2. The zero-order valence-electron chi connectivity index (χ0n) is 9.50. The van der Waals surface area contributed by atoms with Crippen LogP contribution < -0.4 is 5.32 Å². The summed E-state index contributed by atoms with van der Waals surface area (Å²) >= 11 is 0. The van der Waals surface area contributed by atoms with Crippen LogP contribution in [0.4, 0.5) is 4.39 Å². The molecule has 16 heavy (non-hydrogen) atoms. The lowest BCUT2D eigenvalue weighted by Gasteiger charge is -2.14. The van der Waals surface area contributed by atoms with Crippen LogP contribution in [0.1, 0.15) is 18.9 Å². The number of carbonyl (C=O) groups excluding carboxylic acids is 1. The number of benzene rings is 1. The summed E-state index contributed by atoms with van der Waals surface area (Å²) in [5.74, 6) is -0.534. The second-order valence-electron chi connectivity index (χ2n) is 3.49. The molecule has 1 rings (SSSR count). The molecule has 0 radical (unpaired) electrons. The smallest absolute Gasteiger partial charge is 0.322 e. The van der Waals surface area contributed by atoms with Gasteiger partial charge in [0.1, 0.15) is 11.9 Å². The lowest BCUT2D eigenvalue weighted by Crippen LogP contribution is -2.36. The Kier molecular flexibility index (Phi) is 4.92. The van der Waals surface area contributed by atoms with E-state index in [0.29, 0.717) is 13.0 Å². The average Bonchev–Trinajstić information content (AvgIpc) is 2.31. The van der Waals surface area contributed by atoms with E-state index in [2.05, 4.69) is 10.1 Å². The summed E-state index contributed by atoms with van der Waals surface area (Å²) in [6, 6.07) is 5.86. The van der Waals surface area contributed by atoms with Crippen molar-refractivity contribution in [3.8, 4) is 0 Å². The maximum absolute atomic E-state index is 12.6. The maximum atomic E-state index is 12.6. The molecule has 1 atom stereocenters. The minimum atomic E-state index is -0.310. The average molecular weight is 225 g/mol. The number of rotatable bonds is 5. The Hall–Kier alpha value is -1.42. The van der Waals surface area contributed by atoms with Crippen LogP contribution in [0.5, 0.6) is 0 Å². The van der Waals surface area contributed by atoms with Crippen molar-refractivity contribution in [1.29, 1.82) is 0 Å². The lowest BCUT2D eigenvalue weighted by molar-refractivity contribution is -0.143. The van der Waals surface area contributed by atoms with Gasteiger partial charge in [0.25, 0.3) is 0 Å². The molecule has 0 saturated carbocycles. The van der Waals surface area contributed by atoms with Crippen molar-refractivity contribution >= 4 is 5.97 Å². The number of methoxy groups -OCH3 is 1. The van der Waals surface area contributed by atoms with Gasteiger partial charge >= 0.3 is 5.97 Å². The van der Waals surface area contributed by atoms with Gasteiger partial charge in [0.05, 0.1) is 7.11 Å². The van der Waals surface area contributed by atoms with E-state index in [9.17, 15) is 9.18 Å². The fourth-order valence-electron chi connectivity index (χ4n) is 1.38. The second kappa shape index (κ2) is 6.23. The number of hydrogen-bond acceptors (Lipinski definition) is 3. The SMILES string of the molecule is CCC(NCc1ccc(F)cc1)C(=O)OC. The summed E-state index contributed by atoms with van der Waals surface area (Å²) in [5, 5.41) is 3.06. The summed E-state index contributed by atoms with van der Waals surface area (Å²) in [7, 11) is 1.37. The van der Waals surface area contributed by atoms with Crippen molar-refractivity contribution in [2.45, 2.75) is 25.9 Å². The highest BCUT2D eigenvalue weighted by atomic mass is 19.1. The van der Waals surface area contributed by atoms with Crippen molar-refractivity contribution in [3.63, 3.8) is 0 Å². The zero-order valence-corrected chi connectivity index (χ0v) is 9.50. The van der Waals surface area contributed by atoms with Crippen LogP contribution in [-0.2, 0) is 16.1 Å². The van der Waals surface area contributed by atoms with Gasteiger partial charge < -0.3 is 10.1 Å². The third-order valence-electron chi connectivity index (χ3n) is 2.36. The Balaban J connectivity index is 2.49. The van der Waals surface area contributed by atoms with E-state index >= 15 is 0 Å². The van der Waals surface area contributed by atoms with Crippen LogP contribution in [0.2, 0.25) is 0 Å². The molecule has 0 aliphatic carbocycles. The number of nitrogens with one attached hydrogen (secondary N) is 1. The summed E-state index contributed by atoms with van der Waals surface area (Å²) in [6.07, 6.45) is 0.661. The number of hydrogen-bond donors (Lipinski definition) is 1.